The molecule has 2 rings (SSSR count). The van der Waals surface area contributed by atoms with Crippen molar-refractivity contribution in [2.24, 2.45) is 11.7 Å². The summed E-state index contributed by atoms with van der Waals surface area (Å²) in [5.41, 5.74) is 5.30. The van der Waals surface area contributed by atoms with Gasteiger partial charge in [-0.3, -0.25) is 9.59 Å². The Labute approximate surface area is 101 Å². The van der Waals surface area contributed by atoms with Crippen molar-refractivity contribution in [1.82, 2.24) is 5.32 Å². The van der Waals surface area contributed by atoms with Crippen LogP contribution in [-0.2, 0) is 9.59 Å². The Morgan fingerprint density at radius 3 is 2.47 bits per heavy atom. The lowest BCUT2D eigenvalue weighted by atomic mass is 9.74. The Morgan fingerprint density at radius 2 is 2.06 bits per heavy atom. The van der Waals surface area contributed by atoms with Gasteiger partial charge < -0.3 is 16.2 Å². The molecule has 2 aliphatic rings. The van der Waals surface area contributed by atoms with Gasteiger partial charge in [-0.15, -0.1) is 0 Å². The molecule has 0 saturated heterocycles. The number of rotatable bonds is 4. The molecule has 2 aliphatic carbocycles. The van der Waals surface area contributed by atoms with Crippen molar-refractivity contribution < 1.29 is 14.7 Å². The first-order chi connectivity index (χ1) is 8.01. The number of carboxylic acids is 1. The number of aliphatic carboxylic acids is 1. The van der Waals surface area contributed by atoms with Gasteiger partial charge in [0.2, 0.25) is 5.91 Å². The van der Waals surface area contributed by atoms with Gasteiger partial charge in [0.25, 0.3) is 0 Å². The third kappa shape index (κ3) is 2.77. The number of carboxylic acid groups (broad SMARTS) is 1. The maximum atomic E-state index is 12.0. The van der Waals surface area contributed by atoms with E-state index in [-0.39, 0.29) is 24.3 Å². The van der Waals surface area contributed by atoms with Crippen LogP contribution in [-0.4, -0.2) is 28.6 Å². The van der Waals surface area contributed by atoms with Crippen molar-refractivity contribution in [2.45, 2.75) is 56.5 Å². The van der Waals surface area contributed by atoms with E-state index >= 15 is 0 Å². The molecule has 96 valence electrons. The van der Waals surface area contributed by atoms with E-state index in [1.165, 1.54) is 0 Å². The zero-order valence-electron chi connectivity index (χ0n) is 9.95. The summed E-state index contributed by atoms with van der Waals surface area (Å²) in [5.74, 6) is -0.858. The summed E-state index contributed by atoms with van der Waals surface area (Å²) in [6.45, 7) is 0. The largest absolute Gasteiger partial charge is 0.481 e. The van der Waals surface area contributed by atoms with Crippen LogP contribution in [0, 0.1) is 5.92 Å². The normalized spacial score (nSPS) is 30.6. The third-order valence-electron chi connectivity index (χ3n) is 4.03. The number of amides is 1. The lowest BCUT2D eigenvalue weighted by molar-refractivity contribution is -0.140. The number of nitrogens with two attached hydrogens (primary N) is 1. The van der Waals surface area contributed by atoms with Crippen LogP contribution in [0.4, 0.5) is 0 Å². The van der Waals surface area contributed by atoms with Gasteiger partial charge in [0.15, 0.2) is 0 Å². The molecule has 0 radical (unpaired) electrons. The Kier molecular flexibility index (Phi) is 3.38. The number of hydrogen-bond acceptors (Lipinski definition) is 3. The van der Waals surface area contributed by atoms with Crippen molar-refractivity contribution in [3.05, 3.63) is 0 Å². The van der Waals surface area contributed by atoms with Gasteiger partial charge in [-0.25, -0.2) is 0 Å². The quantitative estimate of drug-likeness (QED) is 0.672. The van der Waals surface area contributed by atoms with Crippen molar-refractivity contribution in [2.75, 3.05) is 0 Å². The molecule has 0 heterocycles. The molecule has 2 saturated carbocycles. The Balaban J connectivity index is 1.90. The van der Waals surface area contributed by atoms with Gasteiger partial charge in [0.1, 0.15) is 0 Å². The number of nitrogens with one attached hydrogen (secondary N) is 1. The highest BCUT2D eigenvalue weighted by Crippen LogP contribution is 2.36. The number of carbonyl (C=O) groups excluding carboxylic acids is 1. The van der Waals surface area contributed by atoms with Gasteiger partial charge in [0.05, 0.1) is 12.0 Å². The van der Waals surface area contributed by atoms with Gasteiger partial charge in [-0.1, -0.05) is 0 Å². The number of hydrogen-bond donors (Lipinski definition) is 3. The Hall–Kier alpha value is -1.10. The van der Waals surface area contributed by atoms with Crippen molar-refractivity contribution in [3.8, 4) is 0 Å². The molecule has 0 aromatic heterocycles. The summed E-state index contributed by atoms with van der Waals surface area (Å²) in [6.07, 6.45) is 5.05. The second-order valence-corrected chi connectivity index (χ2v) is 5.46. The van der Waals surface area contributed by atoms with Crippen molar-refractivity contribution >= 4 is 11.9 Å². The first kappa shape index (κ1) is 12.4. The molecule has 2 fully saturated rings. The van der Waals surface area contributed by atoms with E-state index in [1.54, 1.807) is 0 Å². The summed E-state index contributed by atoms with van der Waals surface area (Å²) in [5, 5.41) is 11.8. The second-order valence-electron chi connectivity index (χ2n) is 5.46. The summed E-state index contributed by atoms with van der Waals surface area (Å²) in [7, 11) is 0. The highest BCUT2D eigenvalue weighted by Gasteiger charge is 2.42. The summed E-state index contributed by atoms with van der Waals surface area (Å²) < 4.78 is 0. The van der Waals surface area contributed by atoms with Gasteiger partial charge in [-0.05, 0) is 38.5 Å². The lowest BCUT2D eigenvalue weighted by Gasteiger charge is -2.42. The predicted octanol–water partition coefficient (Wildman–Crippen LogP) is 0.627. The van der Waals surface area contributed by atoms with E-state index in [1.807, 2.05) is 0 Å². The molecule has 0 aromatic carbocycles. The van der Waals surface area contributed by atoms with Gasteiger partial charge in [-0.2, -0.15) is 0 Å². The molecule has 0 aromatic rings. The summed E-state index contributed by atoms with van der Waals surface area (Å²) in [4.78, 5) is 22.8. The van der Waals surface area contributed by atoms with Crippen LogP contribution in [0.5, 0.6) is 0 Å². The fourth-order valence-electron chi connectivity index (χ4n) is 2.86. The standard InChI is InChI=1S/C12H20N2O3/c13-9-3-2-8(6-9)11(17)14-12(4-1-5-12)7-10(15)16/h8-9H,1-7,13H2,(H,14,17)(H,15,16). The fourth-order valence-corrected chi connectivity index (χ4v) is 2.86. The average Bonchev–Trinajstić information content (AvgIpc) is 2.60. The lowest BCUT2D eigenvalue weighted by Crippen LogP contribution is -2.56. The molecule has 0 aliphatic heterocycles. The van der Waals surface area contributed by atoms with E-state index in [4.69, 9.17) is 10.8 Å². The van der Waals surface area contributed by atoms with E-state index in [0.717, 1.165) is 38.5 Å². The molecular weight excluding hydrogens is 220 g/mol. The Bertz CT molecular complexity index is 326. The third-order valence-corrected chi connectivity index (χ3v) is 4.03. The summed E-state index contributed by atoms with van der Waals surface area (Å²) in [6, 6.07) is 0.127. The monoisotopic (exact) mass is 240 g/mol. The van der Waals surface area contributed by atoms with Crippen LogP contribution in [0.25, 0.3) is 0 Å². The smallest absolute Gasteiger partial charge is 0.305 e. The molecule has 4 N–H and O–H groups in total. The minimum atomic E-state index is -0.840. The van der Waals surface area contributed by atoms with Crippen molar-refractivity contribution in [3.63, 3.8) is 0 Å². The molecule has 2 unspecified atom stereocenters. The average molecular weight is 240 g/mol. The van der Waals surface area contributed by atoms with Crippen LogP contribution < -0.4 is 11.1 Å². The van der Waals surface area contributed by atoms with Crippen LogP contribution in [0.3, 0.4) is 0 Å². The Morgan fingerprint density at radius 1 is 1.35 bits per heavy atom. The second kappa shape index (κ2) is 4.64. The van der Waals surface area contributed by atoms with Gasteiger partial charge >= 0.3 is 5.97 Å². The first-order valence-electron chi connectivity index (χ1n) is 6.30. The SMILES string of the molecule is NC1CCC(C(=O)NC2(CC(=O)O)CCC2)C1. The van der Waals surface area contributed by atoms with Crippen LogP contribution >= 0.6 is 0 Å². The van der Waals surface area contributed by atoms with Crippen LogP contribution in [0.1, 0.15) is 44.9 Å². The zero-order valence-corrected chi connectivity index (χ0v) is 9.95. The van der Waals surface area contributed by atoms with E-state index in [2.05, 4.69) is 5.32 Å². The molecule has 2 atom stereocenters. The highest BCUT2D eigenvalue weighted by molar-refractivity contribution is 5.81. The molecule has 17 heavy (non-hydrogen) atoms. The van der Waals surface area contributed by atoms with Gasteiger partial charge in [0, 0.05) is 12.0 Å². The minimum absolute atomic E-state index is 0.00102. The topological polar surface area (TPSA) is 92.4 Å². The van der Waals surface area contributed by atoms with E-state index in [0.29, 0.717) is 0 Å². The minimum Gasteiger partial charge on any atom is -0.481 e. The zero-order chi connectivity index (χ0) is 12.5. The fraction of sp³-hybridized carbons (Fsp3) is 0.833. The first-order valence-corrected chi connectivity index (χ1v) is 6.30. The van der Waals surface area contributed by atoms with Crippen LogP contribution in [0.2, 0.25) is 0 Å². The molecule has 1 amide bonds. The van der Waals surface area contributed by atoms with Crippen molar-refractivity contribution in [1.29, 1.82) is 0 Å². The molecular formula is C12H20N2O3. The molecule has 0 spiro atoms. The summed E-state index contributed by atoms with van der Waals surface area (Å²) >= 11 is 0. The maximum absolute atomic E-state index is 12.0. The maximum Gasteiger partial charge on any atom is 0.305 e. The van der Waals surface area contributed by atoms with E-state index < -0.39 is 11.5 Å². The van der Waals surface area contributed by atoms with E-state index in [9.17, 15) is 9.59 Å². The molecule has 0 bridgehead atoms. The number of carbonyl (C=O) groups is 2. The van der Waals surface area contributed by atoms with Crippen LogP contribution in [0.15, 0.2) is 0 Å². The highest BCUT2D eigenvalue weighted by atomic mass is 16.4. The predicted molar refractivity (Wildman–Crippen MR) is 62.3 cm³/mol. The molecule has 5 nitrogen and oxygen atoms in total. The molecule has 5 heteroatoms.